The summed E-state index contributed by atoms with van der Waals surface area (Å²) in [6.07, 6.45) is 7.49. The summed E-state index contributed by atoms with van der Waals surface area (Å²) in [5, 5.41) is 9.00. The molecule has 1 N–H and O–H groups in total. The van der Waals surface area contributed by atoms with Crippen LogP contribution < -0.4 is 0 Å². The van der Waals surface area contributed by atoms with E-state index in [-0.39, 0.29) is 0 Å². The Labute approximate surface area is 136 Å². The second-order valence-corrected chi connectivity index (χ2v) is 6.06. The maximum Gasteiger partial charge on any atom is 0.335 e. The maximum atomic E-state index is 11.0. The number of likely N-dealkylation sites (tertiary alicyclic amines) is 1. The number of carboxylic acids is 1. The Morgan fingerprint density at radius 2 is 2.09 bits per heavy atom. The van der Waals surface area contributed by atoms with Crippen LogP contribution in [0.1, 0.15) is 54.0 Å². The minimum absolute atomic E-state index is 0.338. The van der Waals surface area contributed by atoms with Gasteiger partial charge in [0.1, 0.15) is 5.82 Å². The number of aryl methyl sites for hydroxylation is 1. The van der Waals surface area contributed by atoms with Crippen LogP contribution in [0, 0.1) is 0 Å². The smallest absolute Gasteiger partial charge is 0.335 e. The van der Waals surface area contributed by atoms with Crippen molar-refractivity contribution in [3.05, 3.63) is 53.6 Å². The molecule has 5 nitrogen and oxygen atoms in total. The van der Waals surface area contributed by atoms with Gasteiger partial charge in [-0.25, -0.2) is 9.78 Å². The van der Waals surface area contributed by atoms with E-state index in [1.54, 1.807) is 12.1 Å². The van der Waals surface area contributed by atoms with E-state index in [0.717, 1.165) is 37.4 Å². The number of carbonyl (C=O) groups is 1. The third kappa shape index (κ3) is 3.45. The highest BCUT2D eigenvalue weighted by Gasteiger charge is 2.27. The highest BCUT2D eigenvalue weighted by atomic mass is 16.4. The topological polar surface area (TPSA) is 58.4 Å². The van der Waals surface area contributed by atoms with Gasteiger partial charge in [-0.15, -0.1) is 0 Å². The first-order chi connectivity index (χ1) is 11.2. The monoisotopic (exact) mass is 313 g/mol. The van der Waals surface area contributed by atoms with E-state index in [2.05, 4.69) is 21.4 Å². The van der Waals surface area contributed by atoms with E-state index >= 15 is 0 Å². The molecule has 2 aromatic rings. The van der Waals surface area contributed by atoms with Crippen LogP contribution in [0.2, 0.25) is 0 Å². The highest BCUT2D eigenvalue weighted by molar-refractivity contribution is 5.87. The Balaban J connectivity index is 1.77. The molecule has 0 spiro atoms. The molecule has 1 aromatic heterocycles. The van der Waals surface area contributed by atoms with Crippen LogP contribution in [0.4, 0.5) is 0 Å². The van der Waals surface area contributed by atoms with Gasteiger partial charge in [-0.3, -0.25) is 4.90 Å². The first-order valence-electron chi connectivity index (χ1n) is 8.26. The molecule has 3 rings (SSSR count). The van der Waals surface area contributed by atoms with Crippen molar-refractivity contribution in [2.24, 2.45) is 0 Å². The fraction of sp³-hybridized carbons (Fsp3) is 0.444. The number of hydrogen-bond acceptors (Lipinski definition) is 3. The molecule has 122 valence electrons. The molecule has 1 aromatic carbocycles. The first-order valence-corrected chi connectivity index (χ1v) is 8.26. The number of aromatic carboxylic acids is 1. The minimum atomic E-state index is -0.877. The molecule has 1 unspecified atom stereocenters. The van der Waals surface area contributed by atoms with Gasteiger partial charge in [-0.1, -0.05) is 18.6 Å². The van der Waals surface area contributed by atoms with Crippen LogP contribution in [0.3, 0.4) is 0 Å². The van der Waals surface area contributed by atoms with Gasteiger partial charge in [-0.05, 0) is 44.0 Å². The maximum absolute atomic E-state index is 11.0. The molecule has 2 heterocycles. The average molecular weight is 313 g/mol. The molecule has 23 heavy (non-hydrogen) atoms. The van der Waals surface area contributed by atoms with Crippen LogP contribution >= 0.6 is 0 Å². The van der Waals surface area contributed by atoms with Gasteiger partial charge in [0, 0.05) is 25.5 Å². The normalized spacial score (nSPS) is 18.9. The molecule has 1 atom stereocenters. The summed E-state index contributed by atoms with van der Waals surface area (Å²) in [7, 11) is 0. The molecule has 1 fully saturated rings. The molecule has 0 amide bonds. The fourth-order valence-electron chi connectivity index (χ4n) is 3.35. The Kier molecular flexibility index (Phi) is 4.76. The van der Waals surface area contributed by atoms with E-state index < -0.39 is 5.97 Å². The van der Waals surface area contributed by atoms with Crippen LogP contribution in [0.25, 0.3) is 0 Å². The molecule has 0 saturated carbocycles. The molecule has 1 saturated heterocycles. The Hall–Kier alpha value is -2.14. The summed E-state index contributed by atoms with van der Waals surface area (Å²) in [5.74, 6) is 0.270. The van der Waals surface area contributed by atoms with E-state index in [1.807, 2.05) is 24.5 Å². The van der Waals surface area contributed by atoms with E-state index in [9.17, 15) is 4.79 Å². The number of piperidine rings is 1. The van der Waals surface area contributed by atoms with Gasteiger partial charge in [0.2, 0.25) is 0 Å². The standard InChI is InChI=1S/C18H23N3O2/c1-2-20-12-10-19-17(20)16-5-3-4-11-21(16)13-14-6-8-15(9-7-14)18(22)23/h6-10,12,16H,2-5,11,13H2,1H3,(H,22,23). The van der Waals surface area contributed by atoms with E-state index in [4.69, 9.17) is 5.11 Å². The van der Waals surface area contributed by atoms with Gasteiger partial charge in [0.25, 0.3) is 0 Å². The van der Waals surface area contributed by atoms with Gasteiger partial charge in [0.05, 0.1) is 11.6 Å². The summed E-state index contributed by atoms with van der Waals surface area (Å²) in [6.45, 7) is 4.97. The van der Waals surface area contributed by atoms with Gasteiger partial charge < -0.3 is 9.67 Å². The van der Waals surface area contributed by atoms with Crippen molar-refractivity contribution >= 4 is 5.97 Å². The lowest BCUT2D eigenvalue weighted by atomic mass is 10.00. The van der Waals surface area contributed by atoms with Gasteiger partial charge in [-0.2, -0.15) is 0 Å². The van der Waals surface area contributed by atoms with Crippen LogP contribution in [-0.2, 0) is 13.1 Å². The molecule has 1 aliphatic rings. The summed E-state index contributed by atoms with van der Waals surface area (Å²) < 4.78 is 2.22. The second-order valence-electron chi connectivity index (χ2n) is 6.06. The SMILES string of the molecule is CCn1ccnc1C1CCCCN1Cc1ccc(C(=O)O)cc1. The van der Waals surface area contributed by atoms with E-state index in [0.29, 0.717) is 11.6 Å². The predicted molar refractivity (Wildman–Crippen MR) is 88.3 cm³/mol. The average Bonchev–Trinajstić information content (AvgIpc) is 3.04. The zero-order valence-corrected chi connectivity index (χ0v) is 13.5. The number of rotatable bonds is 5. The first kappa shape index (κ1) is 15.7. The second kappa shape index (κ2) is 6.96. The zero-order valence-electron chi connectivity index (χ0n) is 13.5. The number of carboxylic acid groups (broad SMARTS) is 1. The molecular weight excluding hydrogens is 290 g/mol. The Morgan fingerprint density at radius 3 is 2.78 bits per heavy atom. The molecule has 0 bridgehead atoms. The quantitative estimate of drug-likeness (QED) is 0.920. The lowest BCUT2D eigenvalue weighted by Gasteiger charge is -2.35. The van der Waals surface area contributed by atoms with Crippen molar-refractivity contribution in [1.82, 2.24) is 14.5 Å². The predicted octanol–water partition coefficient (Wildman–Crippen LogP) is 3.33. The molecular formula is C18H23N3O2. The number of aromatic nitrogens is 2. The summed E-state index contributed by atoms with van der Waals surface area (Å²) in [5.41, 5.74) is 1.49. The Morgan fingerprint density at radius 1 is 1.30 bits per heavy atom. The van der Waals surface area contributed by atoms with Gasteiger partial charge in [0.15, 0.2) is 0 Å². The molecule has 5 heteroatoms. The third-order valence-corrected chi connectivity index (χ3v) is 4.59. The number of benzene rings is 1. The minimum Gasteiger partial charge on any atom is -0.478 e. The van der Waals surface area contributed by atoms with Crippen molar-refractivity contribution in [1.29, 1.82) is 0 Å². The van der Waals surface area contributed by atoms with Crippen molar-refractivity contribution in [2.75, 3.05) is 6.54 Å². The number of nitrogens with zero attached hydrogens (tertiary/aromatic N) is 3. The Bertz CT molecular complexity index is 663. The summed E-state index contributed by atoms with van der Waals surface area (Å²) >= 11 is 0. The lowest BCUT2D eigenvalue weighted by molar-refractivity contribution is 0.0697. The molecule has 0 aliphatic carbocycles. The van der Waals surface area contributed by atoms with Crippen molar-refractivity contribution < 1.29 is 9.90 Å². The zero-order chi connectivity index (χ0) is 16.2. The highest BCUT2D eigenvalue weighted by Crippen LogP contribution is 2.31. The van der Waals surface area contributed by atoms with Crippen LogP contribution in [0.15, 0.2) is 36.7 Å². The van der Waals surface area contributed by atoms with Crippen molar-refractivity contribution in [2.45, 2.75) is 45.3 Å². The number of hydrogen-bond donors (Lipinski definition) is 1. The van der Waals surface area contributed by atoms with Crippen LogP contribution in [-0.4, -0.2) is 32.1 Å². The van der Waals surface area contributed by atoms with Crippen LogP contribution in [0.5, 0.6) is 0 Å². The summed E-state index contributed by atoms with van der Waals surface area (Å²) in [4.78, 5) is 18.0. The van der Waals surface area contributed by atoms with Crippen molar-refractivity contribution in [3.63, 3.8) is 0 Å². The number of imidazole rings is 1. The van der Waals surface area contributed by atoms with Crippen molar-refractivity contribution in [3.8, 4) is 0 Å². The molecule has 1 aliphatic heterocycles. The summed E-state index contributed by atoms with van der Waals surface area (Å²) in [6, 6.07) is 7.55. The molecule has 0 radical (unpaired) electrons. The lowest BCUT2D eigenvalue weighted by Crippen LogP contribution is -2.34. The van der Waals surface area contributed by atoms with Gasteiger partial charge >= 0.3 is 5.97 Å². The fourth-order valence-corrected chi connectivity index (χ4v) is 3.35. The van der Waals surface area contributed by atoms with E-state index in [1.165, 1.54) is 12.8 Å². The largest absolute Gasteiger partial charge is 0.478 e. The third-order valence-electron chi connectivity index (χ3n) is 4.59.